The monoisotopic (exact) mass is 288 g/mol. The summed E-state index contributed by atoms with van der Waals surface area (Å²) in [6, 6.07) is 14.4. The fraction of sp³-hybridized carbons (Fsp3) is 0.294. The highest BCUT2D eigenvalue weighted by atomic mass is 19.1. The average molecular weight is 288 g/mol. The molecule has 0 fully saturated rings. The zero-order chi connectivity index (χ0) is 15.2. The third kappa shape index (κ3) is 3.60. The number of likely N-dealkylation sites (N-methyl/N-ethyl adjacent to an activating group) is 1. The van der Waals surface area contributed by atoms with Crippen molar-refractivity contribution in [1.82, 2.24) is 4.90 Å². The Hall–Kier alpha value is -1.91. The molecule has 0 aliphatic carbocycles. The smallest absolute Gasteiger partial charge is 0.128 e. The van der Waals surface area contributed by atoms with E-state index in [0.29, 0.717) is 18.7 Å². The second-order valence-corrected chi connectivity index (χ2v) is 5.00. The number of ether oxygens (including phenoxy) is 1. The molecule has 1 unspecified atom stereocenters. The molecule has 0 amide bonds. The minimum Gasteiger partial charge on any atom is -0.496 e. The van der Waals surface area contributed by atoms with Crippen LogP contribution in [0.3, 0.4) is 0 Å². The maximum Gasteiger partial charge on any atom is 0.128 e. The number of rotatable bonds is 6. The molecular formula is C17H21FN2O. The molecule has 0 aromatic heterocycles. The number of hydrogen-bond donors (Lipinski definition) is 1. The fourth-order valence-corrected chi connectivity index (χ4v) is 2.50. The third-order valence-corrected chi connectivity index (χ3v) is 3.63. The molecule has 0 aliphatic rings. The standard InChI is InChI=1S/C17H21FN2O/c1-20(12-13-7-3-6-10-17(13)21-2)16(11-19)14-8-4-5-9-15(14)18/h3-10,16H,11-12,19H2,1-2H3. The number of benzene rings is 2. The maximum atomic E-state index is 14.0. The molecule has 0 aliphatic heterocycles. The lowest BCUT2D eigenvalue weighted by molar-refractivity contribution is 0.233. The van der Waals surface area contributed by atoms with Crippen molar-refractivity contribution in [2.24, 2.45) is 5.73 Å². The lowest BCUT2D eigenvalue weighted by Gasteiger charge is -2.28. The normalized spacial score (nSPS) is 12.4. The Morgan fingerprint density at radius 3 is 2.48 bits per heavy atom. The van der Waals surface area contributed by atoms with Crippen LogP contribution in [-0.4, -0.2) is 25.6 Å². The fourth-order valence-electron chi connectivity index (χ4n) is 2.50. The van der Waals surface area contributed by atoms with E-state index in [4.69, 9.17) is 10.5 Å². The SMILES string of the molecule is COc1ccccc1CN(C)C(CN)c1ccccc1F. The summed E-state index contributed by atoms with van der Waals surface area (Å²) in [5.41, 5.74) is 7.53. The summed E-state index contributed by atoms with van der Waals surface area (Å²) in [6.45, 7) is 0.993. The molecular weight excluding hydrogens is 267 g/mol. The van der Waals surface area contributed by atoms with Gasteiger partial charge in [-0.3, -0.25) is 4.90 Å². The van der Waals surface area contributed by atoms with E-state index in [9.17, 15) is 4.39 Å². The van der Waals surface area contributed by atoms with Gasteiger partial charge in [0.2, 0.25) is 0 Å². The Balaban J connectivity index is 2.21. The van der Waals surface area contributed by atoms with Crippen molar-refractivity contribution in [3.8, 4) is 5.75 Å². The highest BCUT2D eigenvalue weighted by Crippen LogP contribution is 2.25. The van der Waals surface area contributed by atoms with E-state index < -0.39 is 0 Å². The topological polar surface area (TPSA) is 38.5 Å². The largest absolute Gasteiger partial charge is 0.496 e. The highest BCUT2D eigenvalue weighted by molar-refractivity contribution is 5.33. The van der Waals surface area contributed by atoms with Crippen LogP contribution in [0.15, 0.2) is 48.5 Å². The summed E-state index contributed by atoms with van der Waals surface area (Å²) in [4.78, 5) is 2.04. The number of halogens is 1. The van der Waals surface area contributed by atoms with Crippen molar-refractivity contribution < 1.29 is 9.13 Å². The molecule has 2 aromatic carbocycles. The third-order valence-electron chi connectivity index (χ3n) is 3.63. The molecule has 0 saturated heterocycles. The minimum absolute atomic E-state index is 0.170. The molecule has 21 heavy (non-hydrogen) atoms. The molecule has 112 valence electrons. The van der Waals surface area contributed by atoms with E-state index in [-0.39, 0.29) is 11.9 Å². The van der Waals surface area contributed by atoms with Crippen molar-refractivity contribution in [3.63, 3.8) is 0 Å². The van der Waals surface area contributed by atoms with Gasteiger partial charge in [0.05, 0.1) is 7.11 Å². The Bertz CT molecular complexity index is 589. The van der Waals surface area contributed by atoms with E-state index in [1.807, 2.05) is 42.3 Å². The molecule has 1 atom stereocenters. The van der Waals surface area contributed by atoms with E-state index in [2.05, 4.69) is 0 Å². The van der Waals surface area contributed by atoms with E-state index in [1.165, 1.54) is 6.07 Å². The Kier molecular flexibility index (Phi) is 5.31. The van der Waals surface area contributed by atoms with Gasteiger partial charge < -0.3 is 10.5 Å². The second kappa shape index (κ2) is 7.20. The summed E-state index contributed by atoms with van der Waals surface area (Å²) in [6.07, 6.45) is 0. The summed E-state index contributed by atoms with van der Waals surface area (Å²) >= 11 is 0. The first-order valence-electron chi connectivity index (χ1n) is 6.94. The van der Waals surface area contributed by atoms with Crippen LogP contribution in [0.25, 0.3) is 0 Å². The summed E-state index contributed by atoms with van der Waals surface area (Å²) in [7, 11) is 3.59. The number of methoxy groups -OCH3 is 1. The molecule has 0 bridgehead atoms. The number of nitrogens with zero attached hydrogens (tertiary/aromatic N) is 1. The Morgan fingerprint density at radius 2 is 1.81 bits per heavy atom. The Morgan fingerprint density at radius 1 is 1.14 bits per heavy atom. The quantitative estimate of drug-likeness (QED) is 0.888. The van der Waals surface area contributed by atoms with Crippen LogP contribution in [0.5, 0.6) is 5.75 Å². The van der Waals surface area contributed by atoms with Crippen molar-refractivity contribution in [2.75, 3.05) is 20.7 Å². The van der Waals surface area contributed by atoms with Crippen molar-refractivity contribution in [1.29, 1.82) is 0 Å². The van der Waals surface area contributed by atoms with Crippen molar-refractivity contribution in [3.05, 3.63) is 65.5 Å². The van der Waals surface area contributed by atoms with Crippen LogP contribution < -0.4 is 10.5 Å². The van der Waals surface area contributed by atoms with Crippen molar-refractivity contribution in [2.45, 2.75) is 12.6 Å². The van der Waals surface area contributed by atoms with Gasteiger partial charge in [0.15, 0.2) is 0 Å². The first-order chi connectivity index (χ1) is 10.2. The first-order valence-corrected chi connectivity index (χ1v) is 6.94. The number of para-hydroxylation sites is 1. The van der Waals surface area contributed by atoms with Crippen LogP contribution in [0.4, 0.5) is 4.39 Å². The number of nitrogens with two attached hydrogens (primary N) is 1. The van der Waals surface area contributed by atoms with Gasteiger partial charge >= 0.3 is 0 Å². The molecule has 0 heterocycles. The second-order valence-electron chi connectivity index (χ2n) is 5.00. The lowest BCUT2D eigenvalue weighted by atomic mass is 10.0. The van der Waals surface area contributed by atoms with E-state index in [0.717, 1.165) is 11.3 Å². The van der Waals surface area contributed by atoms with Gasteiger partial charge in [0.1, 0.15) is 11.6 Å². The molecule has 2 N–H and O–H groups in total. The van der Waals surface area contributed by atoms with E-state index >= 15 is 0 Å². The summed E-state index contributed by atoms with van der Waals surface area (Å²) in [5, 5.41) is 0. The molecule has 4 heteroatoms. The zero-order valence-electron chi connectivity index (χ0n) is 12.4. The Labute approximate surface area is 125 Å². The van der Waals surface area contributed by atoms with Gasteiger partial charge in [-0.25, -0.2) is 4.39 Å². The van der Waals surface area contributed by atoms with Gasteiger partial charge in [-0.1, -0.05) is 36.4 Å². The van der Waals surface area contributed by atoms with Gasteiger partial charge in [0, 0.05) is 30.3 Å². The number of hydrogen-bond acceptors (Lipinski definition) is 3. The maximum absolute atomic E-state index is 14.0. The van der Waals surface area contributed by atoms with Gasteiger partial charge in [-0.05, 0) is 19.2 Å². The van der Waals surface area contributed by atoms with Gasteiger partial charge in [0.25, 0.3) is 0 Å². The van der Waals surface area contributed by atoms with E-state index in [1.54, 1.807) is 19.2 Å². The van der Waals surface area contributed by atoms with Crippen LogP contribution in [-0.2, 0) is 6.54 Å². The molecule has 0 saturated carbocycles. The van der Waals surface area contributed by atoms with Crippen LogP contribution in [0.2, 0.25) is 0 Å². The van der Waals surface area contributed by atoms with Crippen molar-refractivity contribution >= 4 is 0 Å². The predicted octanol–water partition coefficient (Wildman–Crippen LogP) is 2.97. The molecule has 0 spiro atoms. The minimum atomic E-state index is -0.222. The van der Waals surface area contributed by atoms with Crippen LogP contribution >= 0.6 is 0 Å². The van der Waals surface area contributed by atoms with Crippen LogP contribution in [0.1, 0.15) is 17.2 Å². The van der Waals surface area contributed by atoms with Crippen LogP contribution in [0, 0.1) is 5.82 Å². The first kappa shape index (κ1) is 15.5. The zero-order valence-corrected chi connectivity index (χ0v) is 12.4. The van der Waals surface area contributed by atoms with Gasteiger partial charge in [-0.15, -0.1) is 0 Å². The summed E-state index contributed by atoms with van der Waals surface area (Å²) in [5.74, 6) is 0.605. The highest BCUT2D eigenvalue weighted by Gasteiger charge is 2.19. The molecule has 2 aromatic rings. The summed E-state index contributed by atoms with van der Waals surface area (Å²) < 4.78 is 19.3. The molecule has 2 rings (SSSR count). The lowest BCUT2D eigenvalue weighted by Crippen LogP contribution is -2.31. The van der Waals surface area contributed by atoms with Gasteiger partial charge in [-0.2, -0.15) is 0 Å². The average Bonchev–Trinajstić information content (AvgIpc) is 2.50. The molecule has 0 radical (unpaired) electrons. The predicted molar refractivity (Wildman–Crippen MR) is 82.7 cm³/mol. The molecule has 3 nitrogen and oxygen atoms in total.